The molecule has 0 unspecified atom stereocenters. The van der Waals surface area contributed by atoms with Crippen LogP contribution in [0.15, 0.2) is 36.4 Å². The van der Waals surface area contributed by atoms with Gasteiger partial charge in [0.15, 0.2) is 17.3 Å². The van der Waals surface area contributed by atoms with Gasteiger partial charge in [-0.15, -0.1) is 5.10 Å². The molecule has 0 aliphatic carbocycles. The molecule has 0 spiro atoms. The second-order valence-electron chi connectivity index (χ2n) is 5.83. The van der Waals surface area contributed by atoms with Crippen LogP contribution < -0.4 is 11.1 Å². The van der Waals surface area contributed by atoms with E-state index in [1.54, 1.807) is 36.4 Å². The minimum atomic E-state index is -0.441. The minimum absolute atomic E-state index is 0.0224. The Bertz CT molecular complexity index is 1040. The highest BCUT2D eigenvalue weighted by atomic mass is 35.5. The van der Waals surface area contributed by atoms with Crippen LogP contribution in [-0.4, -0.2) is 33.7 Å². The summed E-state index contributed by atoms with van der Waals surface area (Å²) in [4.78, 5) is 24.4. The van der Waals surface area contributed by atoms with Gasteiger partial charge in [0, 0.05) is 17.6 Å². The lowest BCUT2D eigenvalue weighted by Crippen LogP contribution is -2.20. The molecule has 0 aliphatic heterocycles. The maximum absolute atomic E-state index is 12.7. The Labute approximate surface area is 175 Å². The number of hydrogen-bond acceptors (Lipinski definition) is 5. The summed E-state index contributed by atoms with van der Waals surface area (Å²) in [7, 11) is 1.47. The summed E-state index contributed by atoms with van der Waals surface area (Å²) in [6.45, 7) is 0.171. The fourth-order valence-electron chi connectivity index (χ4n) is 2.57. The third-order valence-corrected chi connectivity index (χ3v) is 4.83. The van der Waals surface area contributed by atoms with Gasteiger partial charge in [0.1, 0.15) is 0 Å². The van der Waals surface area contributed by atoms with E-state index in [4.69, 9.17) is 40.5 Å². The smallest absolute Gasteiger partial charge is 0.275 e. The van der Waals surface area contributed by atoms with Gasteiger partial charge in [0.2, 0.25) is 0 Å². The quantitative estimate of drug-likeness (QED) is 0.594. The lowest BCUT2D eigenvalue weighted by molar-refractivity contribution is 0.0958. The standard InChI is InChI=1S/C18H14Cl3N5O2/c1-23-18(28)15-17(22)26(25-24-15)8-9-6-12(20)14(13(21)7-9)16(27)10-2-4-11(19)5-3-10/h2-7H,8,22H2,1H3,(H,23,28). The van der Waals surface area contributed by atoms with Gasteiger partial charge in [-0.2, -0.15) is 0 Å². The molecule has 2 aromatic carbocycles. The molecular weight excluding hydrogens is 425 g/mol. The van der Waals surface area contributed by atoms with Crippen LogP contribution in [0.3, 0.4) is 0 Å². The summed E-state index contributed by atoms with van der Waals surface area (Å²) < 4.78 is 1.34. The summed E-state index contributed by atoms with van der Waals surface area (Å²) in [5.74, 6) is -0.656. The predicted octanol–water partition coefficient (Wildman–Crippen LogP) is 3.46. The highest BCUT2D eigenvalue weighted by Crippen LogP contribution is 2.30. The first-order chi connectivity index (χ1) is 13.3. The third-order valence-electron chi connectivity index (χ3n) is 3.98. The van der Waals surface area contributed by atoms with E-state index in [1.165, 1.54) is 11.7 Å². The number of nitrogens with one attached hydrogen (secondary N) is 1. The van der Waals surface area contributed by atoms with Crippen molar-refractivity contribution in [1.82, 2.24) is 20.3 Å². The third kappa shape index (κ3) is 3.96. The molecule has 0 saturated carbocycles. The molecule has 3 N–H and O–H groups in total. The van der Waals surface area contributed by atoms with Gasteiger partial charge in [0.05, 0.1) is 22.2 Å². The first kappa shape index (κ1) is 20.1. The first-order valence-corrected chi connectivity index (χ1v) is 9.14. The van der Waals surface area contributed by atoms with E-state index < -0.39 is 5.91 Å². The molecule has 1 amide bonds. The van der Waals surface area contributed by atoms with E-state index in [0.29, 0.717) is 16.1 Å². The van der Waals surface area contributed by atoms with E-state index in [-0.39, 0.29) is 39.4 Å². The van der Waals surface area contributed by atoms with Crippen LogP contribution in [-0.2, 0) is 6.54 Å². The lowest BCUT2D eigenvalue weighted by atomic mass is 10.0. The highest BCUT2D eigenvalue weighted by Gasteiger charge is 2.20. The number of nitrogens with two attached hydrogens (primary N) is 1. The van der Waals surface area contributed by atoms with Crippen molar-refractivity contribution in [3.8, 4) is 0 Å². The number of rotatable bonds is 5. The van der Waals surface area contributed by atoms with E-state index in [0.717, 1.165) is 0 Å². The maximum atomic E-state index is 12.7. The SMILES string of the molecule is CNC(=O)c1nnn(Cc2cc(Cl)c(C(=O)c3ccc(Cl)cc3)c(Cl)c2)c1N. The van der Waals surface area contributed by atoms with Gasteiger partial charge >= 0.3 is 0 Å². The number of aromatic nitrogens is 3. The second-order valence-corrected chi connectivity index (χ2v) is 7.08. The molecule has 0 atom stereocenters. The van der Waals surface area contributed by atoms with Crippen LogP contribution in [0.25, 0.3) is 0 Å². The Morgan fingerprint density at radius 3 is 2.29 bits per heavy atom. The Morgan fingerprint density at radius 2 is 1.71 bits per heavy atom. The van der Waals surface area contributed by atoms with E-state index in [2.05, 4.69) is 15.6 Å². The topological polar surface area (TPSA) is 103 Å². The molecule has 0 bridgehead atoms. The van der Waals surface area contributed by atoms with Crippen LogP contribution in [0, 0.1) is 0 Å². The summed E-state index contributed by atoms with van der Waals surface area (Å²) >= 11 is 18.5. The monoisotopic (exact) mass is 437 g/mol. The molecule has 28 heavy (non-hydrogen) atoms. The average Bonchev–Trinajstić information content (AvgIpc) is 3.01. The zero-order valence-corrected chi connectivity index (χ0v) is 16.8. The summed E-state index contributed by atoms with van der Waals surface area (Å²) in [6.07, 6.45) is 0. The Hall–Kier alpha value is -2.61. The molecule has 3 aromatic rings. The number of amides is 1. The Balaban J connectivity index is 1.90. The van der Waals surface area contributed by atoms with Crippen molar-refractivity contribution < 1.29 is 9.59 Å². The predicted molar refractivity (Wildman–Crippen MR) is 108 cm³/mol. The largest absolute Gasteiger partial charge is 0.382 e. The van der Waals surface area contributed by atoms with Crippen LogP contribution >= 0.6 is 34.8 Å². The van der Waals surface area contributed by atoms with Gasteiger partial charge in [-0.1, -0.05) is 40.0 Å². The zero-order chi connectivity index (χ0) is 20.4. The van der Waals surface area contributed by atoms with E-state index in [1.807, 2.05) is 0 Å². The van der Waals surface area contributed by atoms with Crippen molar-refractivity contribution in [1.29, 1.82) is 0 Å². The molecule has 0 fully saturated rings. The van der Waals surface area contributed by atoms with Crippen molar-refractivity contribution in [2.24, 2.45) is 0 Å². The number of benzene rings is 2. The molecule has 10 heteroatoms. The van der Waals surface area contributed by atoms with Crippen LogP contribution in [0.5, 0.6) is 0 Å². The highest BCUT2D eigenvalue weighted by molar-refractivity contribution is 6.41. The van der Waals surface area contributed by atoms with Crippen molar-refractivity contribution >= 4 is 52.3 Å². The summed E-state index contributed by atoms with van der Waals surface area (Å²) in [5.41, 5.74) is 7.18. The molecule has 1 aromatic heterocycles. The second kappa shape index (κ2) is 8.18. The van der Waals surface area contributed by atoms with Crippen LogP contribution in [0.1, 0.15) is 32.0 Å². The number of ketones is 1. The van der Waals surface area contributed by atoms with Crippen LogP contribution in [0.4, 0.5) is 5.82 Å². The number of carbonyl (C=O) groups excluding carboxylic acids is 2. The molecule has 0 aliphatic rings. The van der Waals surface area contributed by atoms with Crippen molar-refractivity contribution in [2.75, 3.05) is 12.8 Å². The number of hydrogen-bond donors (Lipinski definition) is 2. The van der Waals surface area contributed by atoms with Crippen molar-refractivity contribution in [3.63, 3.8) is 0 Å². The van der Waals surface area contributed by atoms with E-state index >= 15 is 0 Å². The average molecular weight is 439 g/mol. The zero-order valence-electron chi connectivity index (χ0n) is 14.5. The first-order valence-electron chi connectivity index (χ1n) is 8.01. The molecule has 0 radical (unpaired) electrons. The molecule has 1 heterocycles. The maximum Gasteiger partial charge on any atom is 0.275 e. The van der Waals surface area contributed by atoms with Gasteiger partial charge in [0.25, 0.3) is 5.91 Å². The fraction of sp³-hybridized carbons (Fsp3) is 0.111. The number of anilines is 1. The molecule has 7 nitrogen and oxygen atoms in total. The van der Waals surface area contributed by atoms with Crippen LogP contribution in [0.2, 0.25) is 15.1 Å². The minimum Gasteiger partial charge on any atom is -0.382 e. The number of nitrogen functional groups attached to an aromatic ring is 1. The summed E-state index contributed by atoms with van der Waals surface area (Å²) in [5, 5.41) is 11.0. The van der Waals surface area contributed by atoms with E-state index in [9.17, 15) is 9.59 Å². The number of nitrogens with zero attached hydrogens (tertiary/aromatic N) is 3. The van der Waals surface area contributed by atoms with Gasteiger partial charge in [-0.05, 0) is 42.0 Å². The molecule has 3 rings (SSSR count). The molecule has 144 valence electrons. The van der Waals surface area contributed by atoms with Crippen molar-refractivity contribution in [2.45, 2.75) is 6.54 Å². The number of halogens is 3. The fourth-order valence-corrected chi connectivity index (χ4v) is 3.40. The van der Waals surface area contributed by atoms with Gasteiger partial charge < -0.3 is 11.1 Å². The molecular formula is C18H14Cl3N5O2. The number of carbonyl (C=O) groups is 2. The van der Waals surface area contributed by atoms with Gasteiger partial charge in [-0.25, -0.2) is 4.68 Å². The lowest BCUT2D eigenvalue weighted by Gasteiger charge is -2.10. The van der Waals surface area contributed by atoms with Gasteiger partial charge in [-0.3, -0.25) is 9.59 Å². The molecule has 0 saturated heterocycles. The normalized spacial score (nSPS) is 10.7. The Kier molecular flexibility index (Phi) is 5.88. The van der Waals surface area contributed by atoms with Crippen molar-refractivity contribution in [3.05, 3.63) is 73.9 Å². The Morgan fingerprint density at radius 1 is 1.11 bits per heavy atom. The summed E-state index contributed by atoms with van der Waals surface area (Å²) in [6, 6.07) is 9.61.